The third-order valence-corrected chi connectivity index (χ3v) is 2.27. The highest BCUT2D eigenvalue weighted by Gasteiger charge is 2.05. The highest BCUT2D eigenvalue weighted by atomic mass is 15.2. The van der Waals surface area contributed by atoms with Crippen molar-refractivity contribution in [2.45, 2.75) is 13.3 Å². The molecule has 0 amide bonds. The topological polar surface area (TPSA) is 54.7 Å². The summed E-state index contributed by atoms with van der Waals surface area (Å²) < 4.78 is 0. The lowest BCUT2D eigenvalue weighted by Gasteiger charge is -2.03. The van der Waals surface area contributed by atoms with Crippen molar-refractivity contribution in [2.75, 3.05) is 5.73 Å². The van der Waals surface area contributed by atoms with Crippen molar-refractivity contribution in [2.24, 2.45) is 0 Å². The Kier molecular flexibility index (Phi) is 2.23. The van der Waals surface area contributed by atoms with E-state index in [1.807, 2.05) is 18.2 Å². The van der Waals surface area contributed by atoms with E-state index in [1.54, 1.807) is 0 Å². The Bertz CT molecular complexity index is 432. The summed E-state index contributed by atoms with van der Waals surface area (Å²) >= 11 is 0. The minimum atomic E-state index is 0.603. The number of H-pyrrole nitrogens is 1. The van der Waals surface area contributed by atoms with Gasteiger partial charge in [-0.25, -0.2) is 0 Å². The maximum absolute atomic E-state index is 5.59. The molecule has 0 radical (unpaired) electrons. The molecule has 2 aromatic rings. The second kappa shape index (κ2) is 3.54. The number of rotatable bonds is 2. The van der Waals surface area contributed by atoms with Crippen molar-refractivity contribution in [1.82, 2.24) is 10.2 Å². The van der Waals surface area contributed by atoms with E-state index < -0.39 is 0 Å². The van der Waals surface area contributed by atoms with Gasteiger partial charge in [-0.3, -0.25) is 5.10 Å². The van der Waals surface area contributed by atoms with Gasteiger partial charge in [-0.1, -0.05) is 31.2 Å². The highest BCUT2D eigenvalue weighted by Crippen LogP contribution is 2.22. The van der Waals surface area contributed by atoms with Gasteiger partial charge in [-0.2, -0.15) is 5.10 Å². The number of anilines is 1. The number of nitrogens with two attached hydrogens (primary N) is 1. The predicted octanol–water partition coefficient (Wildman–Crippen LogP) is 2.22. The molecule has 14 heavy (non-hydrogen) atoms. The van der Waals surface area contributed by atoms with Crippen molar-refractivity contribution < 1.29 is 0 Å². The Balaban J connectivity index is 2.50. The first-order chi connectivity index (χ1) is 6.81. The highest BCUT2D eigenvalue weighted by molar-refractivity contribution is 5.65. The fourth-order valence-corrected chi connectivity index (χ4v) is 1.55. The summed E-state index contributed by atoms with van der Waals surface area (Å²) in [6.45, 7) is 2.13. The van der Waals surface area contributed by atoms with Gasteiger partial charge in [0.05, 0.1) is 5.69 Å². The summed E-state index contributed by atoms with van der Waals surface area (Å²) in [5, 5.41) is 6.89. The number of hydrogen-bond acceptors (Lipinski definition) is 2. The molecule has 0 saturated carbocycles. The number of aromatic amines is 1. The van der Waals surface area contributed by atoms with Crippen LogP contribution in [0.4, 0.5) is 5.82 Å². The van der Waals surface area contributed by atoms with Gasteiger partial charge < -0.3 is 5.73 Å². The van der Waals surface area contributed by atoms with Crippen LogP contribution in [0.5, 0.6) is 0 Å². The molecule has 3 heteroatoms. The summed E-state index contributed by atoms with van der Waals surface area (Å²) in [6, 6.07) is 10.1. The lowest BCUT2D eigenvalue weighted by Crippen LogP contribution is -1.86. The average molecular weight is 187 g/mol. The first kappa shape index (κ1) is 8.81. The van der Waals surface area contributed by atoms with E-state index in [9.17, 15) is 0 Å². The summed E-state index contributed by atoms with van der Waals surface area (Å²) in [7, 11) is 0. The van der Waals surface area contributed by atoms with Gasteiger partial charge in [-0.05, 0) is 12.0 Å². The maximum atomic E-state index is 5.59. The molecule has 72 valence electrons. The third-order valence-electron chi connectivity index (χ3n) is 2.27. The van der Waals surface area contributed by atoms with E-state index in [0.29, 0.717) is 5.82 Å². The number of benzene rings is 1. The number of nitrogens with zero attached hydrogens (tertiary/aromatic N) is 1. The fourth-order valence-electron chi connectivity index (χ4n) is 1.55. The zero-order valence-corrected chi connectivity index (χ0v) is 8.12. The summed E-state index contributed by atoms with van der Waals surface area (Å²) in [5.41, 5.74) is 8.95. The van der Waals surface area contributed by atoms with Gasteiger partial charge in [0.1, 0.15) is 5.82 Å². The number of nitrogen functional groups attached to an aromatic ring is 1. The Hall–Kier alpha value is -1.77. The van der Waals surface area contributed by atoms with E-state index >= 15 is 0 Å². The lowest BCUT2D eigenvalue weighted by atomic mass is 10.0. The Morgan fingerprint density at radius 1 is 1.36 bits per heavy atom. The lowest BCUT2D eigenvalue weighted by molar-refractivity contribution is 1.09. The molecule has 0 spiro atoms. The molecule has 0 aliphatic heterocycles. The average Bonchev–Trinajstić information content (AvgIpc) is 2.65. The normalized spacial score (nSPS) is 10.4. The zero-order chi connectivity index (χ0) is 9.97. The molecule has 2 rings (SSSR count). The number of nitrogens with one attached hydrogen (secondary N) is 1. The summed E-state index contributed by atoms with van der Waals surface area (Å²) in [4.78, 5) is 0. The van der Waals surface area contributed by atoms with Gasteiger partial charge in [0, 0.05) is 11.6 Å². The van der Waals surface area contributed by atoms with Crippen LogP contribution in [0, 0.1) is 0 Å². The van der Waals surface area contributed by atoms with E-state index in [0.717, 1.165) is 17.7 Å². The molecule has 1 aromatic carbocycles. The second-order valence-electron chi connectivity index (χ2n) is 3.22. The monoisotopic (exact) mass is 187 g/mol. The van der Waals surface area contributed by atoms with E-state index in [1.165, 1.54) is 5.56 Å². The summed E-state index contributed by atoms with van der Waals surface area (Å²) in [6.07, 6.45) is 1.00. The molecule has 3 nitrogen and oxygen atoms in total. The van der Waals surface area contributed by atoms with Crippen molar-refractivity contribution in [3.05, 3.63) is 35.9 Å². The predicted molar refractivity (Wildman–Crippen MR) is 57.8 cm³/mol. The molecular weight excluding hydrogens is 174 g/mol. The SMILES string of the molecule is CCc1ccccc1-c1cc(N)[nH]n1. The smallest absolute Gasteiger partial charge is 0.119 e. The molecule has 1 heterocycles. The number of aromatic nitrogens is 2. The van der Waals surface area contributed by atoms with Crippen molar-refractivity contribution >= 4 is 5.82 Å². The van der Waals surface area contributed by atoms with E-state index in [4.69, 9.17) is 5.73 Å². The standard InChI is InChI=1S/C11H13N3/c1-2-8-5-3-4-6-9(8)10-7-11(12)14-13-10/h3-7H,2H2,1H3,(H3,12,13,14). The van der Waals surface area contributed by atoms with Gasteiger partial charge in [-0.15, -0.1) is 0 Å². The molecule has 0 saturated heterocycles. The van der Waals surface area contributed by atoms with E-state index in [2.05, 4.69) is 29.3 Å². The first-order valence-electron chi connectivity index (χ1n) is 4.70. The van der Waals surface area contributed by atoms with Gasteiger partial charge in [0.15, 0.2) is 0 Å². The van der Waals surface area contributed by atoms with Crippen LogP contribution in [0.3, 0.4) is 0 Å². The molecule has 3 N–H and O–H groups in total. The van der Waals surface area contributed by atoms with Crippen molar-refractivity contribution in [3.63, 3.8) is 0 Å². The molecule has 0 fully saturated rings. The van der Waals surface area contributed by atoms with Crippen molar-refractivity contribution in [3.8, 4) is 11.3 Å². The quantitative estimate of drug-likeness (QED) is 0.757. The number of hydrogen-bond donors (Lipinski definition) is 2. The Morgan fingerprint density at radius 2 is 2.14 bits per heavy atom. The molecule has 0 unspecified atom stereocenters. The van der Waals surface area contributed by atoms with Crippen LogP contribution in [0.1, 0.15) is 12.5 Å². The Morgan fingerprint density at radius 3 is 2.79 bits per heavy atom. The molecule has 1 aromatic heterocycles. The largest absolute Gasteiger partial charge is 0.384 e. The van der Waals surface area contributed by atoms with Crippen LogP contribution < -0.4 is 5.73 Å². The Labute approximate surface area is 83.0 Å². The second-order valence-corrected chi connectivity index (χ2v) is 3.22. The fraction of sp³-hybridized carbons (Fsp3) is 0.182. The molecule has 0 aliphatic carbocycles. The van der Waals surface area contributed by atoms with Crippen LogP contribution in [0.2, 0.25) is 0 Å². The third kappa shape index (κ3) is 1.48. The molecule has 0 aliphatic rings. The maximum Gasteiger partial charge on any atom is 0.119 e. The van der Waals surface area contributed by atoms with Crippen LogP contribution in [0.15, 0.2) is 30.3 Å². The molecule has 0 atom stereocenters. The summed E-state index contributed by atoms with van der Waals surface area (Å²) in [5.74, 6) is 0.603. The van der Waals surface area contributed by atoms with Crippen LogP contribution >= 0.6 is 0 Å². The minimum absolute atomic E-state index is 0.603. The van der Waals surface area contributed by atoms with Crippen LogP contribution in [-0.2, 0) is 6.42 Å². The first-order valence-corrected chi connectivity index (χ1v) is 4.70. The van der Waals surface area contributed by atoms with Crippen LogP contribution in [0.25, 0.3) is 11.3 Å². The molecule has 0 bridgehead atoms. The zero-order valence-electron chi connectivity index (χ0n) is 8.12. The van der Waals surface area contributed by atoms with Gasteiger partial charge in [0.2, 0.25) is 0 Å². The van der Waals surface area contributed by atoms with Crippen LogP contribution in [-0.4, -0.2) is 10.2 Å². The van der Waals surface area contributed by atoms with Crippen molar-refractivity contribution in [1.29, 1.82) is 0 Å². The number of aryl methyl sites for hydroxylation is 1. The molecular formula is C11H13N3. The van der Waals surface area contributed by atoms with Gasteiger partial charge >= 0.3 is 0 Å². The minimum Gasteiger partial charge on any atom is -0.384 e. The van der Waals surface area contributed by atoms with E-state index in [-0.39, 0.29) is 0 Å². The van der Waals surface area contributed by atoms with Gasteiger partial charge in [0.25, 0.3) is 0 Å².